The number of hydrogen-bond donors (Lipinski definition) is 2. The van der Waals surface area contributed by atoms with Gasteiger partial charge in [-0.15, -0.1) is 10.2 Å². The Morgan fingerprint density at radius 2 is 2.35 bits per heavy atom. The molecular formula is C13H22N4O2S. The molecule has 1 aromatic heterocycles. The highest BCUT2D eigenvalue weighted by Crippen LogP contribution is 2.37. The van der Waals surface area contributed by atoms with Crippen LogP contribution in [0.2, 0.25) is 0 Å². The summed E-state index contributed by atoms with van der Waals surface area (Å²) in [6.07, 6.45) is 4.76. The number of amides is 1. The second-order valence-electron chi connectivity index (χ2n) is 5.96. The minimum Gasteiger partial charge on any atom is -0.396 e. The quantitative estimate of drug-likeness (QED) is 0.706. The summed E-state index contributed by atoms with van der Waals surface area (Å²) in [5, 5.41) is 20.6. The molecule has 1 fully saturated rings. The first-order valence-electron chi connectivity index (χ1n) is 6.92. The van der Waals surface area contributed by atoms with E-state index >= 15 is 0 Å². The molecule has 1 heterocycles. The van der Waals surface area contributed by atoms with Crippen LogP contribution in [-0.2, 0) is 4.79 Å². The van der Waals surface area contributed by atoms with E-state index in [4.69, 9.17) is 5.11 Å². The Labute approximate surface area is 123 Å². The summed E-state index contributed by atoms with van der Waals surface area (Å²) >= 11 is 1.42. The maximum atomic E-state index is 11.8. The summed E-state index contributed by atoms with van der Waals surface area (Å²) in [5.41, 5.74) is -0.0802. The smallest absolute Gasteiger partial charge is 0.230 e. The molecule has 0 saturated heterocycles. The van der Waals surface area contributed by atoms with Gasteiger partial charge in [0.05, 0.1) is 5.75 Å². The molecule has 0 bridgehead atoms. The van der Waals surface area contributed by atoms with Crippen molar-refractivity contribution in [1.82, 2.24) is 20.1 Å². The van der Waals surface area contributed by atoms with Gasteiger partial charge in [0, 0.05) is 19.2 Å². The van der Waals surface area contributed by atoms with Crippen molar-refractivity contribution in [2.45, 2.75) is 44.3 Å². The molecule has 1 aromatic rings. The highest BCUT2D eigenvalue weighted by atomic mass is 32.2. The van der Waals surface area contributed by atoms with Gasteiger partial charge in [-0.1, -0.05) is 25.6 Å². The summed E-state index contributed by atoms with van der Waals surface area (Å²) in [6, 6.07) is 0.527. The van der Waals surface area contributed by atoms with Crippen LogP contribution in [0.3, 0.4) is 0 Å². The number of carbonyl (C=O) groups is 1. The van der Waals surface area contributed by atoms with Crippen LogP contribution < -0.4 is 5.32 Å². The zero-order valence-corrected chi connectivity index (χ0v) is 12.8. The Balaban J connectivity index is 1.73. The highest BCUT2D eigenvalue weighted by Gasteiger charge is 2.26. The van der Waals surface area contributed by atoms with E-state index in [1.165, 1.54) is 24.6 Å². The molecule has 112 valence electrons. The van der Waals surface area contributed by atoms with Crippen LogP contribution in [0.4, 0.5) is 0 Å². The summed E-state index contributed by atoms with van der Waals surface area (Å²) < 4.78 is 2.05. The normalized spacial score (nSPS) is 15.3. The number of aliphatic hydroxyl groups excluding tert-OH is 1. The molecule has 0 aliphatic heterocycles. The summed E-state index contributed by atoms with van der Waals surface area (Å²) in [5.74, 6) is 0.340. The van der Waals surface area contributed by atoms with Gasteiger partial charge in [-0.25, -0.2) is 0 Å². The lowest BCUT2D eigenvalue weighted by Gasteiger charge is -2.23. The number of nitrogens with zero attached hydrogens (tertiary/aromatic N) is 3. The van der Waals surface area contributed by atoms with Crippen LogP contribution in [0, 0.1) is 5.41 Å². The predicted molar refractivity (Wildman–Crippen MR) is 77.5 cm³/mol. The Morgan fingerprint density at radius 3 is 3.00 bits per heavy atom. The Kier molecular flexibility index (Phi) is 5.04. The molecule has 6 nitrogen and oxygen atoms in total. The molecule has 1 aliphatic carbocycles. The molecule has 20 heavy (non-hydrogen) atoms. The Morgan fingerprint density at radius 1 is 1.60 bits per heavy atom. The monoisotopic (exact) mass is 298 g/mol. The lowest BCUT2D eigenvalue weighted by atomic mass is 9.90. The predicted octanol–water partition coefficient (Wildman–Crippen LogP) is 1.23. The fourth-order valence-corrected chi connectivity index (χ4v) is 2.66. The lowest BCUT2D eigenvalue weighted by Crippen LogP contribution is -2.35. The van der Waals surface area contributed by atoms with Gasteiger partial charge in [0.1, 0.15) is 6.33 Å². The maximum Gasteiger partial charge on any atom is 0.230 e. The van der Waals surface area contributed by atoms with Gasteiger partial charge in [-0.2, -0.15) is 0 Å². The topological polar surface area (TPSA) is 80.0 Å². The maximum absolute atomic E-state index is 11.8. The fourth-order valence-electron chi connectivity index (χ4n) is 1.85. The minimum absolute atomic E-state index is 0.00800. The van der Waals surface area contributed by atoms with E-state index in [9.17, 15) is 4.79 Å². The number of aromatic nitrogens is 3. The average molecular weight is 298 g/mol. The highest BCUT2D eigenvalue weighted by molar-refractivity contribution is 7.99. The second kappa shape index (κ2) is 6.58. The van der Waals surface area contributed by atoms with Gasteiger partial charge in [0.2, 0.25) is 5.91 Å². The van der Waals surface area contributed by atoms with Crippen LogP contribution >= 0.6 is 11.8 Å². The van der Waals surface area contributed by atoms with Crippen LogP contribution in [0.1, 0.15) is 39.2 Å². The summed E-state index contributed by atoms with van der Waals surface area (Å²) in [6.45, 7) is 4.77. The zero-order chi connectivity index (χ0) is 14.6. The van der Waals surface area contributed by atoms with Gasteiger partial charge >= 0.3 is 0 Å². The molecule has 1 amide bonds. The zero-order valence-electron chi connectivity index (χ0n) is 12.0. The molecule has 7 heteroatoms. The fraction of sp³-hybridized carbons (Fsp3) is 0.769. The van der Waals surface area contributed by atoms with Gasteiger partial charge < -0.3 is 15.0 Å². The van der Waals surface area contributed by atoms with Crippen LogP contribution in [0.25, 0.3) is 0 Å². The van der Waals surface area contributed by atoms with Gasteiger partial charge in [-0.3, -0.25) is 4.79 Å². The van der Waals surface area contributed by atoms with Gasteiger partial charge in [0.25, 0.3) is 0 Å². The minimum atomic E-state index is -0.0802. The van der Waals surface area contributed by atoms with Crippen molar-refractivity contribution in [2.24, 2.45) is 5.41 Å². The number of thioether (sulfide) groups is 1. The molecule has 2 rings (SSSR count). The molecular weight excluding hydrogens is 276 g/mol. The number of nitrogens with one attached hydrogen (secondary N) is 1. The third-order valence-electron chi connectivity index (χ3n) is 3.37. The largest absolute Gasteiger partial charge is 0.396 e. The molecule has 0 aromatic carbocycles. The molecule has 1 saturated carbocycles. The van der Waals surface area contributed by atoms with E-state index in [1.54, 1.807) is 6.33 Å². The van der Waals surface area contributed by atoms with Crippen molar-refractivity contribution >= 4 is 17.7 Å². The molecule has 2 N–H and O–H groups in total. The van der Waals surface area contributed by atoms with Crippen molar-refractivity contribution in [3.63, 3.8) is 0 Å². The van der Waals surface area contributed by atoms with Gasteiger partial charge in [-0.05, 0) is 24.7 Å². The molecule has 1 aliphatic rings. The standard InChI is InChI=1S/C13H22N4O2S/c1-13(2,5-6-18)8-14-11(19)7-20-12-16-15-9-17(12)10-3-4-10/h9-10,18H,3-8H2,1-2H3,(H,14,19). The van der Waals surface area contributed by atoms with E-state index in [1.807, 2.05) is 18.4 Å². The molecule has 0 atom stereocenters. The van der Waals surface area contributed by atoms with Crippen molar-refractivity contribution in [3.05, 3.63) is 6.33 Å². The van der Waals surface area contributed by atoms with E-state index < -0.39 is 0 Å². The Hall–Kier alpha value is -1.08. The van der Waals surface area contributed by atoms with E-state index in [0.717, 1.165) is 5.16 Å². The number of aliphatic hydroxyl groups is 1. The molecule has 0 radical (unpaired) electrons. The van der Waals surface area contributed by atoms with Crippen LogP contribution in [-0.4, -0.2) is 44.7 Å². The second-order valence-corrected chi connectivity index (χ2v) is 6.90. The summed E-state index contributed by atoms with van der Waals surface area (Å²) in [4.78, 5) is 11.8. The van der Waals surface area contributed by atoms with E-state index in [2.05, 4.69) is 15.5 Å². The van der Waals surface area contributed by atoms with Crippen molar-refractivity contribution in [2.75, 3.05) is 18.9 Å². The number of rotatable bonds is 8. The third-order valence-corrected chi connectivity index (χ3v) is 4.32. The average Bonchev–Trinajstić information content (AvgIpc) is 3.13. The lowest BCUT2D eigenvalue weighted by molar-refractivity contribution is -0.119. The Bertz CT molecular complexity index is 457. The first-order chi connectivity index (χ1) is 9.52. The number of carbonyl (C=O) groups excluding carboxylic acids is 1. The third kappa shape index (κ3) is 4.49. The molecule has 0 unspecified atom stereocenters. The first-order valence-corrected chi connectivity index (χ1v) is 7.90. The van der Waals surface area contributed by atoms with Crippen LogP contribution in [0.5, 0.6) is 0 Å². The van der Waals surface area contributed by atoms with E-state index in [0.29, 0.717) is 24.8 Å². The van der Waals surface area contributed by atoms with Crippen molar-refractivity contribution in [3.8, 4) is 0 Å². The first kappa shape index (κ1) is 15.3. The summed E-state index contributed by atoms with van der Waals surface area (Å²) in [7, 11) is 0. The SMILES string of the molecule is CC(C)(CCO)CNC(=O)CSc1nncn1C1CC1. The van der Waals surface area contributed by atoms with Gasteiger partial charge in [0.15, 0.2) is 5.16 Å². The number of hydrogen-bond acceptors (Lipinski definition) is 5. The van der Waals surface area contributed by atoms with E-state index in [-0.39, 0.29) is 17.9 Å². The van der Waals surface area contributed by atoms with Crippen molar-refractivity contribution in [1.29, 1.82) is 0 Å². The van der Waals surface area contributed by atoms with Crippen LogP contribution in [0.15, 0.2) is 11.5 Å². The van der Waals surface area contributed by atoms with Crippen molar-refractivity contribution < 1.29 is 9.90 Å². The molecule has 0 spiro atoms.